The molecule has 1 rings (SSSR count). The maximum absolute atomic E-state index is 10.6. The number of hydrogen-bond donors (Lipinski definition) is 1. The van der Waals surface area contributed by atoms with Crippen LogP contribution in [0.25, 0.3) is 0 Å². The molecule has 1 heterocycles. The fraction of sp³-hybridized carbons (Fsp3) is 0.125. The Bertz CT molecular complexity index is 376. The van der Waals surface area contributed by atoms with E-state index in [1.165, 1.54) is 6.20 Å². The summed E-state index contributed by atoms with van der Waals surface area (Å²) in [5.41, 5.74) is 0.188. The Kier molecular flexibility index (Phi) is 2.63. The van der Waals surface area contributed by atoms with Gasteiger partial charge >= 0.3 is 5.97 Å². The summed E-state index contributed by atoms with van der Waals surface area (Å²) in [6.45, 7) is 1.65. The SMILES string of the molecule is Cc1cnc(C(=O)O)c(C=O)c1Cl. The van der Waals surface area contributed by atoms with Gasteiger partial charge in [0.2, 0.25) is 0 Å². The number of aldehydes is 1. The van der Waals surface area contributed by atoms with Gasteiger partial charge in [0.25, 0.3) is 0 Å². The predicted octanol–water partition coefficient (Wildman–Crippen LogP) is 1.55. The van der Waals surface area contributed by atoms with Crippen LogP contribution in [0.1, 0.15) is 26.4 Å². The Morgan fingerprint density at radius 2 is 2.31 bits per heavy atom. The van der Waals surface area contributed by atoms with Crippen molar-refractivity contribution in [2.24, 2.45) is 0 Å². The summed E-state index contributed by atoms with van der Waals surface area (Å²) in [7, 11) is 0. The van der Waals surface area contributed by atoms with Crippen molar-refractivity contribution in [1.29, 1.82) is 0 Å². The quantitative estimate of drug-likeness (QED) is 0.734. The number of aryl methyl sites for hydroxylation is 1. The van der Waals surface area contributed by atoms with Crippen molar-refractivity contribution in [2.45, 2.75) is 6.92 Å². The van der Waals surface area contributed by atoms with Gasteiger partial charge in [-0.2, -0.15) is 0 Å². The van der Waals surface area contributed by atoms with Crippen LogP contribution in [-0.4, -0.2) is 22.3 Å². The van der Waals surface area contributed by atoms with Crippen molar-refractivity contribution >= 4 is 23.9 Å². The first kappa shape index (κ1) is 9.67. The van der Waals surface area contributed by atoms with Gasteiger partial charge in [0.1, 0.15) is 0 Å². The molecule has 0 saturated carbocycles. The third kappa shape index (κ3) is 1.67. The molecule has 1 aromatic rings. The lowest BCUT2D eigenvalue weighted by Crippen LogP contribution is -2.06. The maximum Gasteiger partial charge on any atom is 0.355 e. The Balaban J connectivity index is 3.47. The highest BCUT2D eigenvalue weighted by Gasteiger charge is 2.15. The summed E-state index contributed by atoms with van der Waals surface area (Å²) in [6, 6.07) is 0. The third-order valence-electron chi connectivity index (χ3n) is 1.55. The van der Waals surface area contributed by atoms with Crippen molar-refractivity contribution in [1.82, 2.24) is 4.98 Å². The van der Waals surface area contributed by atoms with Crippen LogP contribution < -0.4 is 0 Å². The highest BCUT2D eigenvalue weighted by atomic mass is 35.5. The van der Waals surface area contributed by atoms with E-state index in [9.17, 15) is 9.59 Å². The second kappa shape index (κ2) is 3.53. The molecule has 0 spiro atoms. The lowest BCUT2D eigenvalue weighted by Gasteiger charge is -2.02. The second-order valence-corrected chi connectivity index (χ2v) is 2.82. The molecular weight excluding hydrogens is 194 g/mol. The number of aromatic nitrogens is 1. The number of hydrogen-bond acceptors (Lipinski definition) is 3. The van der Waals surface area contributed by atoms with Gasteiger partial charge in [-0.05, 0) is 12.5 Å². The van der Waals surface area contributed by atoms with Crippen molar-refractivity contribution < 1.29 is 14.7 Å². The molecule has 1 aromatic heterocycles. The number of carboxylic acids is 1. The molecule has 1 N–H and O–H groups in total. The summed E-state index contributed by atoms with van der Waals surface area (Å²) >= 11 is 5.71. The molecule has 13 heavy (non-hydrogen) atoms. The fourth-order valence-electron chi connectivity index (χ4n) is 0.882. The van der Waals surface area contributed by atoms with Crippen molar-refractivity contribution in [3.05, 3.63) is 28.0 Å². The Labute approximate surface area is 79.2 Å². The summed E-state index contributed by atoms with van der Waals surface area (Å²) in [4.78, 5) is 24.7. The fourth-order valence-corrected chi connectivity index (χ4v) is 1.06. The first-order valence-corrected chi connectivity index (χ1v) is 3.79. The maximum atomic E-state index is 10.6. The number of nitrogens with zero attached hydrogens (tertiary/aromatic N) is 1. The van der Waals surface area contributed by atoms with Gasteiger partial charge in [0.15, 0.2) is 12.0 Å². The van der Waals surface area contributed by atoms with Crippen LogP contribution in [-0.2, 0) is 0 Å². The molecule has 0 aliphatic carbocycles. The molecule has 4 nitrogen and oxygen atoms in total. The number of carboxylic acid groups (broad SMARTS) is 1. The van der Waals surface area contributed by atoms with E-state index in [2.05, 4.69) is 4.98 Å². The van der Waals surface area contributed by atoms with E-state index in [1.54, 1.807) is 6.92 Å². The molecule has 0 amide bonds. The van der Waals surface area contributed by atoms with E-state index >= 15 is 0 Å². The molecule has 0 atom stereocenters. The Hall–Kier alpha value is -1.42. The predicted molar refractivity (Wildman–Crippen MR) is 46.3 cm³/mol. The lowest BCUT2D eigenvalue weighted by atomic mass is 10.1. The van der Waals surface area contributed by atoms with Crippen LogP contribution in [0.5, 0.6) is 0 Å². The molecular formula is C8H6ClNO3. The molecule has 0 saturated heterocycles. The van der Waals surface area contributed by atoms with Gasteiger partial charge in [0.05, 0.1) is 10.6 Å². The van der Waals surface area contributed by atoms with Gasteiger partial charge in [0, 0.05) is 6.20 Å². The van der Waals surface area contributed by atoms with Crippen molar-refractivity contribution in [3.8, 4) is 0 Å². The topological polar surface area (TPSA) is 67.3 Å². The summed E-state index contributed by atoms with van der Waals surface area (Å²) < 4.78 is 0. The van der Waals surface area contributed by atoms with E-state index in [0.717, 1.165) is 0 Å². The van der Waals surface area contributed by atoms with Crippen LogP contribution in [0, 0.1) is 6.92 Å². The number of rotatable bonds is 2. The summed E-state index contributed by atoms with van der Waals surface area (Å²) in [5.74, 6) is -1.26. The zero-order valence-corrected chi connectivity index (χ0v) is 7.50. The highest BCUT2D eigenvalue weighted by Crippen LogP contribution is 2.20. The number of carbonyl (C=O) groups excluding carboxylic acids is 1. The normalized spacial score (nSPS) is 9.69. The average Bonchev–Trinajstić information content (AvgIpc) is 2.09. The standard InChI is InChI=1S/C8H6ClNO3/c1-4-2-10-7(8(12)13)5(3-11)6(4)9/h2-3H,1H3,(H,12,13). The first-order chi connectivity index (χ1) is 6.07. The molecule has 0 bridgehead atoms. The minimum Gasteiger partial charge on any atom is -0.476 e. The molecule has 0 aromatic carbocycles. The molecule has 0 fully saturated rings. The summed E-state index contributed by atoms with van der Waals surface area (Å²) in [6.07, 6.45) is 1.71. The lowest BCUT2D eigenvalue weighted by molar-refractivity contribution is 0.0687. The van der Waals surface area contributed by atoms with Gasteiger partial charge in [-0.25, -0.2) is 9.78 Å². The van der Waals surface area contributed by atoms with E-state index in [-0.39, 0.29) is 16.3 Å². The van der Waals surface area contributed by atoms with Crippen LogP contribution in [0.2, 0.25) is 5.02 Å². The van der Waals surface area contributed by atoms with Crippen molar-refractivity contribution in [3.63, 3.8) is 0 Å². The summed E-state index contributed by atoms with van der Waals surface area (Å²) in [5, 5.41) is 8.77. The van der Waals surface area contributed by atoms with E-state index < -0.39 is 5.97 Å². The Morgan fingerprint density at radius 1 is 1.69 bits per heavy atom. The zero-order chi connectivity index (χ0) is 10.0. The van der Waals surface area contributed by atoms with Gasteiger partial charge in [-0.3, -0.25) is 4.79 Å². The van der Waals surface area contributed by atoms with Crippen LogP contribution in [0.3, 0.4) is 0 Å². The van der Waals surface area contributed by atoms with Crippen LogP contribution >= 0.6 is 11.6 Å². The van der Waals surface area contributed by atoms with Gasteiger partial charge in [-0.1, -0.05) is 11.6 Å². The smallest absolute Gasteiger partial charge is 0.355 e. The molecule has 5 heteroatoms. The highest BCUT2D eigenvalue weighted by molar-refractivity contribution is 6.34. The number of aromatic carboxylic acids is 1. The zero-order valence-electron chi connectivity index (χ0n) is 6.74. The van der Waals surface area contributed by atoms with Crippen molar-refractivity contribution in [2.75, 3.05) is 0 Å². The second-order valence-electron chi connectivity index (χ2n) is 2.44. The van der Waals surface area contributed by atoms with E-state index in [1.807, 2.05) is 0 Å². The van der Waals surface area contributed by atoms with Gasteiger partial charge in [-0.15, -0.1) is 0 Å². The minimum absolute atomic E-state index is 0.0748. The largest absolute Gasteiger partial charge is 0.476 e. The number of halogens is 1. The van der Waals surface area contributed by atoms with Gasteiger partial charge < -0.3 is 5.11 Å². The van der Waals surface area contributed by atoms with Crippen LogP contribution in [0.4, 0.5) is 0 Å². The van der Waals surface area contributed by atoms with Crippen LogP contribution in [0.15, 0.2) is 6.20 Å². The first-order valence-electron chi connectivity index (χ1n) is 3.41. The number of carbonyl (C=O) groups is 2. The molecule has 0 aliphatic heterocycles. The van der Waals surface area contributed by atoms with E-state index in [0.29, 0.717) is 11.8 Å². The minimum atomic E-state index is -1.26. The monoisotopic (exact) mass is 199 g/mol. The molecule has 0 aliphatic rings. The molecule has 0 unspecified atom stereocenters. The third-order valence-corrected chi connectivity index (χ3v) is 2.05. The Morgan fingerprint density at radius 3 is 2.77 bits per heavy atom. The molecule has 68 valence electrons. The van der Waals surface area contributed by atoms with E-state index in [4.69, 9.17) is 16.7 Å². The number of pyridine rings is 1. The average molecular weight is 200 g/mol. The molecule has 0 radical (unpaired) electrons.